The highest BCUT2D eigenvalue weighted by Gasteiger charge is 2.28. The zero-order chi connectivity index (χ0) is 16.8. The van der Waals surface area contributed by atoms with Gasteiger partial charge in [-0.2, -0.15) is 0 Å². The fourth-order valence-corrected chi connectivity index (χ4v) is 2.92. The van der Waals surface area contributed by atoms with Gasteiger partial charge in [-0.3, -0.25) is 9.78 Å². The summed E-state index contributed by atoms with van der Waals surface area (Å²) in [6.45, 7) is 4.94. The molecule has 1 fully saturated rings. The summed E-state index contributed by atoms with van der Waals surface area (Å²) in [6.07, 6.45) is 4.53. The number of nitrogens with one attached hydrogen (secondary N) is 1. The molecule has 2 heterocycles. The molecule has 1 aromatic heterocycles. The minimum atomic E-state index is 0.000154. The fraction of sp³-hybridized carbons (Fsp3) is 0.368. The zero-order valence-corrected chi connectivity index (χ0v) is 13.9. The molecule has 1 aliphatic rings. The maximum absolute atomic E-state index is 13.0. The lowest BCUT2D eigenvalue weighted by atomic mass is 10.0. The van der Waals surface area contributed by atoms with E-state index in [0.717, 1.165) is 30.8 Å². The third-order valence-electron chi connectivity index (χ3n) is 4.13. The SMILES string of the molecule is CCCOc1cccc(C(=O)N2CCNCC2c2cccnc2)c1. The molecule has 1 aliphatic heterocycles. The summed E-state index contributed by atoms with van der Waals surface area (Å²) < 4.78 is 5.65. The van der Waals surface area contributed by atoms with E-state index in [0.29, 0.717) is 18.7 Å². The van der Waals surface area contributed by atoms with Gasteiger partial charge in [0.1, 0.15) is 5.75 Å². The van der Waals surface area contributed by atoms with Crippen molar-refractivity contribution < 1.29 is 9.53 Å². The van der Waals surface area contributed by atoms with Gasteiger partial charge in [-0.05, 0) is 36.2 Å². The molecule has 2 aromatic rings. The van der Waals surface area contributed by atoms with Crippen LogP contribution in [0.5, 0.6) is 5.75 Å². The van der Waals surface area contributed by atoms with Crippen molar-refractivity contribution >= 4 is 5.91 Å². The van der Waals surface area contributed by atoms with E-state index in [4.69, 9.17) is 4.74 Å². The highest BCUT2D eigenvalue weighted by molar-refractivity contribution is 5.95. The summed E-state index contributed by atoms with van der Waals surface area (Å²) in [7, 11) is 0. The third-order valence-corrected chi connectivity index (χ3v) is 4.13. The molecule has 1 saturated heterocycles. The van der Waals surface area contributed by atoms with Gasteiger partial charge < -0.3 is 15.0 Å². The second-order valence-corrected chi connectivity index (χ2v) is 5.88. The van der Waals surface area contributed by atoms with Gasteiger partial charge in [0.25, 0.3) is 5.91 Å². The second-order valence-electron chi connectivity index (χ2n) is 5.88. The van der Waals surface area contributed by atoms with Crippen LogP contribution in [0.4, 0.5) is 0 Å². The first kappa shape index (κ1) is 16.5. The summed E-state index contributed by atoms with van der Waals surface area (Å²) in [5.74, 6) is 0.781. The highest BCUT2D eigenvalue weighted by atomic mass is 16.5. The largest absolute Gasteiger partial charge is 0.494 e. The summed E-state index contributed by atoms with van der Waals surface area (Å²) in [6, 6.07) is 11.4. The van der Waals surface area contributed by atoms with Gasteiger partial charge >= 0.3 is 0 Å². The summed E-state index contributed by atoms with van der Waals surface area (Å²) in [5.41, 5.74) is 1.72. The maximum Gasteiger partial charge on any atom is 0.254 e. The average molecular weight is 325 g/mol. The Hall–Kier alpha value is -2.40. The number of benzene rings is 1. The first-order valence-corrected chi connectivity index (χ1v) is 8.44. The molecule has 1 N–H and O–H groups in total. The molecule has 0 spiro atoms. The molecule has 0 bridgehead atoms. The number of nitrogens with zero attached hydrogens (tertiary/aromatic N) is 2. The molecule has 126 valence electrons. The first-order valence-electron chi connectivity index (χ1n) is 8.44. The van der Waals surface area contributed by atoms with Crippen LogP contribution in [0.2, 0.25) is 0 Å². The number of piperazine rings is 1. The van der Waals surface area contributed by atoms with Gasteiger partial charge in [-0.1, -0.05) is 19.1 Å². The topological polar surface area (TPSA) is 54.5 Å². The number of carbonyl (C=O) groups excluding carboxylic acids is 1. The van der Waals surface area contributed by atoms with E-state index in [9.17, 15) is 4.79 Å². The third kappa shape index (κ3) is 3.74. The molecule has 3 rings (SSSR count). The van der Waals surface area contributed by atoms with Crippen LogP contribution in [0.15, 0.2) is 48.8 Å². The molecule has 5 heteroatoms. The van der Waals surface area contributed by atoms with Crippen molar-refractivity contribution in [2.75, 3.05) is 26.2 Å². The van der Waals surface area contributed by atoms with Gasteiger partial charge in [0, 0.05) is 37.6 Å². The van der Waals surface area contributed by atoms with Crippen LogP contribution in [-0.2, 0) is 0 Å². The number of hydrogen-bond donors (Lipinski definition) is 1. The molecule has 0 radical (unpaired) electrons. The molecule has 0 aliphatic carbocycles. The smallest absolute Gasteiger partial charge is 0.254 e. The Kier molecular flexibility index (Phi) is 5.43. The Morgan fingerprint density at radius 1 is 1.38 bits per heavy atom. The van der Waals surface area contributed by atoms with E-state index >= 15 is 0 Å². The predicted molar refractivity (Wildman–Crippen MR) is 93.1 cm³/mol. The number of ether oxygens (including phenoxy) is 1. The average Bonchev–Trinajstić information content (AvgIpc) is 2.66. The van der Waals surface area contributed by atoms with E-state index < -0.39 is 0 Å². The highest BCUT2D eigenvalue weighted by Crippen LogP contribution is 2.24. The van der Waals surface area contributed by atoms with Crippen LogP contribution in [0, 0.1) is 0 Å². The van der Waals surface area contributed by atoms with Gasteiger partial charge in [-0.15, -0.1) is 0 Å². The molecule has 1 unspecified atom stereocenters. The number of aromatic nitrogens is 1. The molecule has 5 nitrogen and oxygen atoms in total. The van der Waals surface area contributed by atoms with Crippen LogP contribution >= 0.6 is 0 Å². The summed E-state index contributed by atoms with van der Waals surface area (Å²) in [5, 5.41) is 3.36. The van der Waals surface area contributed by atoms with Crippen molar-refractivity contribution in [2.45, 2.75) is 19.4 Å². The van der Waals surface area contributed by atoms with E-state index in [2.05, 4.69) is 17.2 Å². The fourth-order valence-electron chi connectivity index (χ4n) is 2.92. The first-order chi connectivity index (χ1) is 11.8. The Balaban J connectivity index is 1.82. The van der Waals surface area contributed by atoms with Gasteiger partial charge in [0.15, 0.2) is 0 Å². The van der Waals surface area contributed by atoms with Crippen molar-refractivity contribution in [3.63, 3.8) is 0 Å². The van der Waals surface area contributed by atoms with Gasteiger partial charge in [-0.25, -0.2) is 0 Å². The van der Waals surface area contributed by atoms with Crippen molar-refractivity contribution in [2.24, 2.45) is 0 Å². The Labute approximate surface area is 142 Å². The van der Waals surface area contributed by atoms with Crippen molar-refractivity contribution in [1.82, 2.24) is 15.2 Å². The Morgan fingerprint density at radius 2 is 2.29 bits per heavy atom. The normalized spacial score (nSPS) is 17.5. The quantitative estimate of drug-likeness (QED) is 0.918. The monoisotopic (exact) mass is 325 g/mol. The summed E-state index contributed by atoms with van der Waals surface area (Å²) >= 11 is 0. The number of hydrogen-bond acceptors (Lipinski definition) is 4. The van der Waals surface area contributed by atoms with Crippen LogP contribution in [-0.4, -0.2) is 42.0 Å². The predicted octanol–water partition coefficient (Wildman–Crippen LogP) is 2.66. The Bertz CT molecular complexity index is 675. The lowest BCUT2D eigenvalue weighted by Gasteiger charge is -2.36. The van der Waals surface area contributed by atoms with Crippen molar-refractivity contribution in [3.05, 3.63) is 59.9 Å². The molecule has 1 aromatic carbocycles. The lowest BCUT2D eigenvalue weighted by molar-refractivity contribution is 0.0633. The van der Waals surface area contributed by atoms with E-state index in [-0.39, 0.29) is 11.9 Å². The zero-order valence-electron chi connectivity index (χ0n) is 13.9. The van der Waals surface area contributed by atoms with Crippen molar-refractivity contribution in [3.8, 4) is 5.75 Å². The van der Waals surface area contributed by atoms with Gasteiger partial charge in [0.05, 0.1) is 12.6 Å². The van der Waals surface area contributed by atoms with E-state index in [1.54, 1.807) is 6.20 Å². The van der Waals surface area contributed by atoms with Gasteiger partial charge in [0.2, 0.25) is 0 Å². The standard InChI is InChI=1S/C19H23N3O2/c1-2-11-24-17-7-3-5-15(12-17)19(23)22-10-9-21-14-18(22)16-6-4-8-20-13-16/h3-8,12-13,18,21H,2,9-11,14H2,1H3. The lowest BCUT2D eigenvalue weighted by Crippen LogP contribution is -2.48. The maximum atomic E-state index is 13.0. The minimum absolute atomic E-state index is 0.000154. The molecule has 24 heavy (non-hydrogen) atoms. The summed E-state index contributed by atoms with van der Waals surface area (Å²) in [4.78, 5) is 19.1. The number of rotatable bonds is 5. The molecule has 0 saturated carbocycles. The van der Waals surface area contributed by atoms with Crippen LogP contribution in [0.1, 0.15) is 35.3 Å². The molecule has 1 atom stereocenters. The molecular weight excluding hydrogens is 302 g/mol. The number of carbonyl (C=O) groups is 1. The molecular formula is C19H23N3O2. The molecule has 1 amide bonds. The number of amides is 1. The van der Waals surface area contributed by atoms with E-state index in [1.807, 2.05) is 47.5 Å². The second kappa shape index (κ2) is 7.93. The van der Waals surface area contributed by atoms with E-state index in [1.165, 1.54) is 0 Å². The Morgan fingerprint density at radius 3 is 3.08 bits per heavy atom. The minimum Gasteiger partial charge on any atom is -0.494 e. The van der Waals surface area contributed by atoms with Crippen molar-refractivity contribution in [1.29, 1.82) is 0 Å². The number of pyridine rings is 1. The van der Waals surface area contributed by atoms with Crippen LogP contribution < -0.4 is 10.1 Å². The van der Waals surface area contributed by atoms with Crippen LogP contribution in [0.25, 0.3) is 0 Å². The van der Waals surface area contributed by atoms with Crippen LogP contribution in [0.3, 0.4) is 0 Å².